The predicted molar refractivity (Wildman–Crippen MR) is 82.1 cm³/mol. The van der Waals surface area contributed by atoms with Crippen molar-refractivity contribution in [2.45, 2.75) is 39.2 Å². The summed E-state index contributed by atoms with van der Waals surface area (Å²) in [5.74, 6) is 1.68. The molecule has 1 saturated heterocycles. The zero-order valence-corrected chi connectivity index (χ0v) is 12.6. The van der Waals surface area contributed by atoms with Crippen molar-refractivity contribution in [2.24, 2.45) is 17.6 Å². The molecule has 1 aliphatic heterocycles. The van der Waals surface area contributed by atoms with Gasteiger partial charge in [-0.1, -0.05) is 44.2 Å². The number of hydrogen-bond donors (Lipinski definition) is 1. The second kappa shape index (κ2) is 6.89. The summed E-state index contributed by atoms with van der Waals surface area (Å²) >= 11 is 0. The van der Waals surface area contributed by atoms with E-state index in [1.54, 1.807) is 0 Å². The molecule has 1 amide bonds. The van der Waals surface area contributed by atoms with Crippen LogP contribution in [0.25, 0.3) is 0 Å². The summed E-state index contributed by atoms with van der Waals surface area (Å²) in [5.41, 5.74) is 7.17. The Bertz CT molecular complexity index is 422. The Morgan fingerprint density at radius 1 is 1.25 bits per heavy atom. The smallest absolute Gasteiger partial charge is 0.224 e. The molecule has 0 aromatic heterocycles. The summed E-state index contributed by atoms with van der Waals surface area (Å²) in [6, 6.07) is 9.69. The highest BCUT2D eigenvalue weighted by molar-refractivity contribution is 5.77. The first-order valence-corrected chi connectivity index (χ1v) is 7.66. The summed E-state index contributed by atoms with van der Waals surface area (Å²) in [7, 11) is 0. The monoisotopic (exact) mass is 274 g/mol. The Kier molecular flexibility index (Phi) is 5.18. The van der Waals surface area contributed by atoms with Crippen LogP contribution in [-0.4, -0.2) is 23.9 Å². The molecular weight excluding hydrogens is 248 g/mol. The highest BCUT2D eigenvalue weighted by atomic mass is 16.2. The van der Waals surface area contributed by atoms with Crippen LogP contribution >= 0.6 is 0 Å². The minimum absolute atomic E-state index is 0.188. The van der Waals surface area contributed by atoms with Gasteiger partial charge in [0.05, 0.1) is 0 Å². The standard InChI is InChI=1S/C17H26N2O/c1-13(2)14-8-10-19(11-9-14)17(20)12-16(18)15-6-4-3-5-7-15/h3-7,13-14,16H,8-12,18H2,1-2H3. The molecular formula is C17H26N2O. The van der Waals surface area contributed by atoms with Gasteiger partial charge in [0.2, 0.25) is 5.91 Å². The number of amides is 1. The fraction of sp³-hybridized carbons (Fsp3) is 0.588. The van der Waals surface area contributed by atoms with Gasteiger partial charge in [-0.25, -0.2) is 0 Å². The van der Waals surface area contributed by atoms with Gasteiger partial charge in [0.1, 0.15) is 0 Å². The average Bonchev–Trinajstić information content (AvgIpc) is 2.48. The largest absolute Gasteiger partial charge is 0.343 e. The Labute approximate surface area is 122 Å². The van der Waals surface area contributed by atoms with Gasteiger partial charge in [0.25, 0.3) is 0 Å². The Balaban J connectivity index is 1.84. The van der Waals surface area contributed by atoms with Crippen molar-refractivity contribution in [3.05, 3.63) is 35.9 Å². The third kappa shape index (κ3) is 3.83. The third-order valence-electron chi connectivity index (χ3n) is 4.46. The van der Waals surface area contributed by atoms with Gasteiger partial charge in [-0.05, 0) is 30.2 Å². The van der Waals surface area contributed by atoms with Crippen LogP contribution in [0.1, 0.15) is 44.7 Å². The normalized spacial score (nSPS) is 18.3. The van der Waals surface area contributed by atoms with Crippen molar-refractivity contribution in [3.8, 4) is 0 Å². The van der Waals surface area contributed by atoms with Gasteiger partial charge in [0, 0.05) is 25.6 Å². The molecule has 0 bridgehead atoms. The van der Waals surface area contributed by atoms with Crippen LogP contribution in [0.2, 0.25) is 0 Å². The van der Waals surface area contributed by atoms with E-state index in [1.807, 2.05) is 35.2 Å². The van der Waals surface area contributed by atoms with Crippen molar-refractivity contribution in [1.82, 2.24) is 4.90 Å². The Morgan fingerprint density at radius 2 is 1.85 bits per heavy atom. The van der Waals surface area contributed by atoms with Crippen molar-refractivity contribution in [2.75, 3.05) is 13.1 Å². The Hall–Kier alpha value is -1.35. The van der Waals surface area contributed by atoms with E-state index in [4.69, 9.17) is 5.73 Å². The number of nitrogens with two attached hydrogens (primary N) is 1. The van der Waals surface area contributed by atoms with Crippen LogP contribution in [0.15, 0.2) is 30.3 Å². The predicted octanol–water partition coefficient (Wildman–Crippen LogP) is 2.97. The number of benzene rings is 1. The zero-order chi connectivity index (χ0) is 14.5. The molecule has 1 aliphatic rings. The van der Waals surface area contributed by atoms with Crippen LogP contribution in [0.5, 0.6) is 0 Å². The Morgan fingerprint density at radius 3 is 2.40 bits per heavy atom. The molecule has 20 heavy (non-hydrogen) atoms. The number of rotatable bonds is 4. The molecule has 0 spiro atoms. The maximum absolute atomic E-state index is 12.3. The zero-order valence-electron chi connectivity index (χ0n) is 12.6. The van der Waals surface area contributed by atoms with Crippen molar-refractivity contribution in [1.29, 1.82) is 0 Å². The molecule has 1 fully saturated rings. The first kappa shape index (κ1) is 15.0. The molecule has 3 heteroatoms. The van der Waals surface area contributed by atoms with Crippen LogP contribution in [0.4, 0.5) is 0 Å². The van der Waals surface area contributed by atoms with Crippen molar-refractivity contribution < 1.29 is 4.79 Å². The highest BCUT2D eigenvalue weighted by Gasteiger charge is 2.25. The lowest BCUT2D eigenvalue weighted by Gasteiger charge is -2.34. The van der Waals surface area contributed by atoms with E-state index >= 15 is 0 Å². The molecule has 1 aromatic carbocycles. The molecule has 110 valence electrons. The number of nitrogens with zero attached hydrogens (tertiary/aromatic N) is 1. The number of carbonyl (C=O) groups excluding carboxylic acids is 1. The molecule has 1 atom stereocenters. The van der Waals surface area contributed by atoms with Gasteiger partial charge in [-0.3, -0.25) is 4.79 Å². The molecule has 0 aliphatic carbocycles. The lowest BCUT2D eigenvalue weighted by atomic mass is 9.86. The highest BCUT2D eigenvalue weighted by Crippen LogP contribution is 2.25. The van der Waals surface area contributed by atoms with Crippen molar-refractivity contribution >= 4 is 5.91 Å². The van der Waals surface area contributed by atoms with E-state index in [1.165, 1.54) is 0 Å². The number of hydrogen-bond acceptors (Lipinski definition) is 2. The second-order valence-electron chi connectivity index (χ2n) is 6.18. The van der Waals surface area contributed by atoms with Crippen LogP contribution in [0.3, 0.4) is 0 Å². The second-order valence-corrected chi connectivity index (χ2v) is 6.18. The summed E-state index contributed by atoms with van der Waals surface area (Å²) in [5, 5.41) is 0. The topological polar surface area (TPSA) is 46.3 Å². The van der Waals surface area contributed by atoms with Gasteiger partial charge in [-0.2, -0.15) is 0 Å². The molecule has 1 heterocycles. The first-order valence-electron chi connectivity index (χ1n) is 7.66. The number of piperidine rings is 1. The molecule has 1 unspecified atom stereocenters. The SMILES string of the molecule is CC(C)C1CCN(C(=O)CC(N)c2ccccc2)CC1. The van der Waals surface area contributed by atoms with E-state index in [-0.39, 0.29) is 11.9 Å². The van der Waals surface area contributed by atoms with Gasteiger partial charge in [0.15, 0.2) is 0 Å². The molecule has 3 nitrogen and oxygen atoms in total. The summed E-state index contributed by atoms with van der Waals surface area (Å²) in [6.45, 7) is 6.33. The van der Waals surface area contributed by atoms with Gasteiger partial charge in [-0.15, -0.1) is 0 Å². The summed E-state index contributed by atoms with van der Waals surface area (Å²) in [6.07, 6.45) is 2.67. The lowest BCUT2D eigenvalue weighted by molar-refractivity contribution is -0.133. The fourth-order valence-corrected chi connectivity index (χ4v) is 2.95. The number of likely N-dealkylation sites (tertiary alicyclic amines) is 1. The van der Waals surface area contributed by atoms with Gasteiger partial charge >= 0.3 is 0 Å². The lowest BCUT2D eigenvalue weighted by Crippen LogP contribution is -2.40. The average molecular weight is 274 g/mol. The first-order chi connectivity index (χ1) is 9.58. The molecule has 0 radical (unpaired) electrons. The molecule has 2 N–H and O–H groups in total. The molecule has 0 saturated carbocycles. The minimum Gasteiger partial charge on any atom is -0.343 e. The maximum Gasteiger partial charge on any atom is 0.224 e. The van der Waals surface area contributed by atoms with Crippen LogP contribution in [0, 0.1) is 11.8 Å². The van der Waals surface area contributed by atoms with E-state index in [0.29, 0.717) is 6.42 Å². The summed E-state index contributed by atoms with van der Waals surface area (Å²) in [4.78, 5) is 14.3. The maximum atomic E-state index is 12.3. The summed E-state index contributed by atoms with van der Waals surface area (Å²) < 4.78 is 0. The van der Waals surface area contributed by atoms with Crippen LogP contribution < -0.4 is 5.73 Å². The van der Waals surface area contributed by atoms with E-state index in [2.05, 4.69) is 13.8 Å². The van der Waals surface area contributed by atoms with E-state index in [0.717, 1.165) is 43.3 Å². The quantitative estimate of drug-likeness (QED) is 0.917. The van der Waals surface area contributed by atoms with E-state index in [9.17, 15) is 4.79 Å². The molecule has 1 aromatic rings. The minimum atomic E-state index is -0.188. The van der Waals surface area contributed by atoms with Crippen LogP contribution in [-0.2, 0) is 4.79 Å². The number of carbonyl (C=O) groups is 1. The van der Waals surface area contributed by atoms with Gasteiger partial charge < -0.3 is 10.6 Å². The van der Waals surface area contributed by atoms with E-state index < -0.39 is 0 Å². The molecule has 2 rings (SSSR count). The van der Waals surface area contributed by atoms with Crippen molar-refractivity contribution in [3.63, 3.8) is 0 Å². The fourth-order valence-electron chi connectivity index (χ4n) is 2.95. The third-order valence-corrected chi connectivity index (χ3v) is 4.46.